The quantitative estimate of drug-likeness (QED) is 0.751. The molecule has 0 bridgehead atoms. The first-order valence-corrected chi connectivity index (χ1v) is 5.09. The Morgan fingerprint density at radius 2 is 2.00 bits per heavy atom. The lowest BCUT2D eigenvalue weighted by Gasteiger charge is -2.15. The number of hydrogen-bond acceptors (Lipinski definition) is 2. The fourth-order valence-electron chi connectivity index (χ4n) is 1.63. The summed E-state index contributed by atoms with van der Waals surface area (Å²) >= 11 is 0. The highest BCUT2D eigenvalue weighted by atomic mass is 16.1. The number of rotatable bonds is 4. The molecule has 2 heteroatoms. The third-order valence-corrected chi connectivity index (χ3v) is 2.63. The van der Waals surface area contributed by atoms with Gasteiger partial charge >= 0.3 is 0 Å². The Hall–Kier alpha value is -1.62. The maximum atomic E-state index is 11.4. The molecule has 0 radical (unpaired) electrons. The Morgan fingerprint density at radius 1 is 1.40 bits per heavy atom. The Labute approximate surface area is 90.5 Å². The van der Waals surface area contributed by atoms with Crippen molar-refractivity contribution in [1.29, 1.82) is 5.26 Å². The fourth-order valence-corrected chi connectivity index (χ4v) is 1.63. The van der Waals surface area contributed by atoms with Crippen LogP contribution in [0.15, 0.2) is 30.3 Å². The average Bonchev–Trinajstić information content (AvgIpc) is 2.26. The second kappa shape index (κ2) is 5.31. The summed E-state index contributed by atoms with van der Waals surface area (Å²) in [4.78, 5) is 11.4. The Kier molecular flexibility index (Phi) is 4.05. The van der Waals surface area contributed by atoms with Gasteiger partial charge in [-0.3, -0.25) is 4.79 Å². The standard InChI is InChI=1S/C13H15NO/c1-10(9-14)13(11(2)15)8-12-6-4-3-5-7-12/h3-7,10,13H,8H2,1-2H3. The maximum Gasteiger partial charge on any atom is 0.134 e. The van der Waals surface area contributed by atoms with E-state index >= 15 is 0 Å². The van der Waals surface area contributed by atoms with Crippen LogP contribution in [0.3, 0.4) is 0 Å². The predicted molar refractivity (Wildman–Crippen MR) is 59.1 cm³/mol. The molecule has 0 aliphatic rings. The van der Waals surface area contributed by atoms with Crippen LogP contribution >= 0.6 is 0 Å². The van der Waals surface area contributed by atoms with Crippen LogP contribution in [0.5, 0.6) is 0 Å². The van der Waals surface area contributed by atoms with E-state index in [4.69, 9.17) is 5.26 Å². The molecule has 2 atom stereocenters. The zero-order valence-corrected chi connectivity index (χ0v) is 9.10. The molecule has 2 nitrogen and oxygen atoms in total. The van der Waals surface area contributed by atoms with Crippen molar-refractivity contribution in [2.45, 2.75) is 20.3 Å². The number of carbonyl (C=O) groups is 1. The minimum Gasteiger partial charge on any atom is -0.300 e. The van der Waals surface area contributed by atoms with Crippen LogP contribution in [0.1, 0.15) is 19.4 Å². The molecule has 0 saturated heterocycles. The highest BCUT2D eigenvalue weighted by Crippen LogP contribution is 2.18. The van der Waals surface area contributed by atoms with E-state index in [1.54, 1.807) is 13.8 Å². The molecule has 0 saturated carbocycles. The van der Waals surface area contributed by atoms with Crippen molar-refractivity contribution < 1.29 is 4.79 Å². The van der Waals surface area contributed by atoms with Gasteiger partial charge in [-0.2, -0.15) is 5.26 Å². The number of nitrogens with zero attached hydrogens (tertiary/aromatic N) is 1. The lowest BCUT2D eigenvalue weighted by molar-refractivity contribution is -0.121. The normalized spacial score (nSPS) is 13.9. The van der Waals surface area contributed by atoms with Crippen LogP contribution in [0, 0.1) is 23.2 Å². The van der Waals surface area contributed by atoms with Crippen molar-refractivity contribution in [3.63, 3.8) is 0 Å². The summed E-state index contributed by atoms with van der Waals surface area (Å²) in [6.07, 6.45) is 0.658. The van der Waals surface area contributed by atoms with Gasteiger partial charge in [-0.25, -0.2) is 0 Å². The summed E-state index contributed by atoms with van der Waals surface area (Å²) in [5, 5.41) is 8.83. The third kappa shape index (κ3) is 3.21. The molecule has 0 amide bonds. The van der Waals surface area contributed by atoms with Crippen LogP contribution in [-0.2, 0) is 11.2 Å². The van der Waals surface area contributed by atoms with Crippen LogP contribution < -0.4 is 0 Å². The van der Waals surface area contributed by atoms with E-state index in [0.29, 0.717) is 6.42 Å². The van der Waals surface area contributed by atoms with Crippen molar-refractivity contribution in [3.8, 4) is 6.07 Å². The van der Waals surface area contributed by atoms with Crippen LogP contribution in [0.4, 0.5) is 0 Å². The van der Waals surface area contributed by atoms with Crippen LogP contribution in [0.2, 0.25) is 0 Å². The first-order valence-electron chi connectivity index (χ1n) is 5.09. The van der Waals surface area contributed by atoms with E-state index in [1.807, 2.05) is 30.3 Å². The van der Waals surface area contributed by atoms with E-state index in [2.05, 4.69) is 6.07 Å². The summed E-state index contributed by atoms with van der Waals surface area (Å²) < 4.78 is 0. The summed E-state index contributed by atoms with van der Waals surface area (Å²) in [6.45, 7) is 3.36. The van der Waals surface area contributed by atoms with Gasteiger partial charge in [-0.05, 0) is 25.8 Å². The van der Waals surface area contributed by atoms with E-state index < -0.39 is 0 Å². The zero-order chi connectivity index (χ0) is 11.3. The molecular weight excluding hydrogens is 186 g/mol. The van der Waals surface area contributed by atoms with Crippen LogP contribution in [0.25, 0.3) is 0 Å². The van der Waals surface area contributed by atoms with Gasteiger partial charge in [0.05, 0.1) is 12.0 Å². The molecule has 0 spiro atoms. The number of hydrogen-bond donors (Lipinski definition) is 0. The van der Waals surface area contributed by atoms with Gasteiger partial charge in [0.25, 0.3) is 0 Å². The molecule has 0 fully saturated rings. The number of Topliss-reactive ketones (excluding diaryl/α,β-unsaturated/α-hetero) is 1. The first kappa shape index (κ1) is 11.5. The van der Waals surface area contributed by atoms with Gasteiger partial charge in [0.1, 0.15) is 5.78 Å². The number of nitriles is 1. The molecule has 1 rings (SSSR count). The molecule has 1 aromatic carbocycles. The molecule has 0 aromatic heterocycles. The van der Waals surface area contributed by atoms with Gasteiger partial charge in [-0.1, -0.05) is 30.3 Å². The van der Waals surface area contributed by atoms with Crippen molar-refractivity contribution in [2.75, 3.05) is 0 Å². The minimum atomic E-state index is -0.220. The molecule has 0 aliphatic heterocycles. The van der Waals surface area contributed by atoms with Gasteiger partial charge in [0, 0.05) is 5.92 Å². The van der Waals surface area contributed by atoms with Gasteiger partial charge < -0.3 is 0 Å². The van der Waals surface area contributed by atoms with Crippen molar-refractivity contribution in [1.82, 2.24) is 0 Å². The largest absolute Gasteiger partial charge is 0.300 e. The monoisotopic (exact) mass is 201 g/mol. The maximum absolute atomic E-state index is 11.4. The average molecular weight is 201 g/mol. The SMILES string of the molecule is CC(=O)C(Cc1ccccc1)C(C)C#N. The van der Waals surface area contributed by atoms with E-state index in [1.165, 1.54) is 0 Å². The summed E-state index contributed by atoms with van der Waals surface area (Å²) in [5.74, 6) is -0.312. The fraction of sp³-hybridized carbons (Fsp3) is 0.385. The van der Waals surface area contributed by atoms with Gasteiger partial charge in [0.2, 0.25) is 0 Å². The molecule has 0 aliphatic carbocycles. The Bertz CT molecular complexity index is 364. The van der Waals surface area contributed by atoms with E-state index in [-0.39, 0.29) is 17.6 Å². The lowest BCUT2D eigenvalue weighted by Crippen LogP contribution is -2.21. The highest BCUT2D eigenvalue weighted by molar-refractivity contribution is 5.79. The molecule has 1 aromatic rings. The molecule has 0 heterocycles. The molecule has 78 valence electrons. The summed E-state index contributed by atoms with van der Waals surface area (Å²) in [7, 11) is 0. The molecule has 0 N–H and O–H groups in total. The number of benzene rings is 1. The first-order chi connectivity index (χ1) is 7.15. The summed E-state index contributed by atoms with van der Waals surface area (Å²) in [5.41, 5.74) is 1.11. The van der Waals surface area contributed by atoms with E-state index in [9.17, 15) is 4.79 Å². The summed E-state index contributed by atoms with van der Waals surface area (Å²) in [6, 6.07) is 12.0. The topological polar surface area (TPSA) is 40.9 Å². The molecular formula is C13H15NO. The highest BCUT2D eigenvalue weighted by Gasteiger charge is 2.21. The molecule has 15 heavy (non-hydrogen) atoms. The molecule has 2 unspecified atom stereocenters. The second-order valence-corrected chi connectivity index (χ2v) is 3.82. The van der Waals surface area contributed by atoms with Crippen LogP contribution in [-0.4, -0.2) is 5.78 Å². The predicted octanol–water partition coefficient (Wildman–Crippen LogP) is 2.59. The zero-order valence-electron chi connectivity index (χ0n) is 9.10. The smallest absolute Gasteiger partial charge is 0.134 e. The number of carbonyl (C=O) groups excluding carboxylic acids is 1. The van der Waals surface area contributed by atoms with Crippen molar-refractivity contribution >= 4 is 5.78 Å². The van der Waals surface area contributed by atoms with Crippen molar-refractivity contribution in [2.24, 2.45) is 11.8 Å². The third-order valence-electron chi connectivity index (χ3n) is 2.63. The van der Waals surface area contributed by atoms with E-state index in [0.717, 1.165) is 5.56 Å². The minimum absolute atomic E-state index is 0.0907. The second-order valence-electron chi connectivity index (χ2n) is 3.82. The van der Waals surface area contributed by atoms with Gasteiger partial charge in [0.15, 0.2) is 0 Å². The lowest BCUT2D eigenvalue weighted by atomic mass is 9.86. The Balaban J connectivity index is 2.77. The number of ketones is 1. The van der Waals surface area contributed by atoms with Crippen molar-refractivity contribution in [3.05, 3.63) is 35.9 Å². The Morgan fingerprint density at radius 3 is 2.47 bits per heavy atom. The van der Waals surface area contributed by atoms with Gasteiger partial charge in [-0.15, -0.1) is 0 Å².